The van der Waals surface area contributed by atoms with Crippen LogP contribution in [0, 0.1) is 22.7 Å². The van der Waals surface area contributed by atoms with Gasteiger partial charge in [-0.1, -0.05) is 44.2 Å². The quantitative estimate of drug-likeness (QED) is 0.808. The summed E-state index contributed by atoms with van der Waals surface area (Å²) in [6, 6.07) is 11.8. The number of carbonyl (C=O) groups is 1. The first kappa shape index (κ1) is 18.7. The molecule has 0 heterocycles. The second kappa shape index (κ2) is 6.32. The Kier molecular flexibility index (Phi) is 4.21. The van der Waals surface area contributed by atoms with Gasteiger partial charge in [-0.25, -0.2) is 0 Å². The van der Waals surface area contributed by atoms with Gasteiger partial charge < -0.3 is 11.1 Å². The van der Waals surface area contributed by atoms with Crippen LogP contribution in [0.4, 0.5) is 0 Å². The van der Waals surface area contributed by atoms with Crippen molar-refractivity contribution in [3.05, 3.63) is 35.9 Å². The van der Waals surface area contributed by atoms with Crippen LogP contribution in [-0.4, -0.2) is 18.0 Å². The van der Waals surface area contributed by atoms with E-state index in [9.17, 15) is 4.79 Å². The van der Waals surface area contributed by atoms with Crippen LogP contribution in [0.1, 0.15) is 77.2 Å². The molecule has 3 N–H and O–H groups in total. The van der Waals surface area contributed by atoms with Gasteiger partial charge in [0.15, 0.2) is 0 Å². The summed E-state index contributed by atoms with van der Waals surface area (Å²) in [6.07, 6.45) is 9.92. The Bertz CT molecular complexity index is 729. The van der Waals surface area contributed by atoms with Crippen LogP contribution in [0.2, 0.25) is 0 Å². The van der Waals surface area contributed by atoms with Gasteiger partial charge in [0.25, 0.3) is 0 Å². The average molecular weight is 381 g/mol. The molecule has 3 nitrogen and oxygen atoms in total. The van der Waals surface area contributed by atoms with Crippen molar-refractivity contribution in [1.29, 1.82) is 0 Å². The molecular weight excluding hydrogens is 344 g/mol. The fourth-order valence-corrected chi connectivity index (χ4v) is 7.52. The molecule has 5 aliphatic carbocycles. The Balaban J connectivity index is 1.44. The third kappa shape index (κ3) is 2.76. The smallest absolute Gasteiger partial charge is 0.226 e. The van der Waals surface area contributed by atoms with E-state index in [0.717, 1.165) is 44.9 Å². The molecule has 5 aliphatic rings. The molecule has 2 atom stereocenters. The monoisotopic (exact) mass is 380 g/mol. The molecule has 0 spiro atoms. The molecule has 0 aliphatic heterocycles. The van der Waals surface area contributed by atoms with E-state index in [1.54, 1.807) is 0 Å². The topological polar surface area (TPSA) is 55.1 Å². The Morgan fingerprint density at radius 3 is 2.18 bits per heavy atom. The maximum atomic E-state index is 13.7. The lowest BCUT2D eigenvalue weighted by molar-refractivity contribution is -0.172. The van der Waals surface area contributed by atoms with Crippen molar-refractivity contribution in [3.8, 4) is 0 Å². The third-order valence-corrected chi connectivity index (χ3v) is 9.30. The molecule has 5 fully saturated rings. The van der Waals surface area contributed by atoms with Crippen molar-refractivity contribution in [2.45, 2.75) is 89.1 Å². The molecular formula is C25H36N2O. The van der Waals surface area contributed by atoms with Gasteiger partial charge in [0.05, 0.1) is 5.41 Å². The fourth-order valence-electron chi connectivity index (χ4n) is 7.52. The fraction of sp³-hybridized carbons (Fsp3) is 0.720. The van der Waals surface area contributed by atoms with Gasteiger partial charge in [-0.3, -0.25) is 4.79 Å². The van der Waals surface area contributed by atoms with E-state index in [2.05, 4.69) is 49.5 Å². The van der Waals surface area contributed by atoms with Crippen LogP contribution >= 0.6 is 0 Å². The maximum Gasteiger partial charge on any atom is 0.226 e. The van der Waals surface area contributed by atoms with Crippen LogP contribution < -0.4 is 11.1 Å². The Labute approximate surface area is 169 Å². The van der Waals surface area contributed by atoms with E-state index in [4.69, 9.17) is 5.73 Å². The lowest BCUT2D eigenvalue weighted by Gasteiger charge is -2.67. The molecule has 4 bridgehead atoms. The summed E-state index contributed by atoms with van der Waals surface area (Å²) in [5, 5.41) is 3.50. The average Bonchev–Trinajstić information content (AvgIpc) is 2.68. The second-order valence-corrected chi connectivity index (χ2v) is 11.2. The largest absolute Gasteiger partial charge is 0.353 e. The molecule has 152 valence electrons. The van der Waals surface area contributed by atoms with Crippen LogP contribution in [0.5, 0.6) is 0 Å². The molecule has 0 aromatic heterocycles. The van der Waals surface area contributed by atoms with Gasteiger partial charge in [0.2, 0.25) is 5.91 Å². The number of amides is 1. The lowest BCUT2D eigenvalue weighted by Crippen LogP contribution is -2.64. The van der Waals surface area contributed by atoms with Gasteiger partial charge in [-0.05, 0) is 86.0 Å². The lowest BCUT2D eigenvalue weighted by atomic mass is 9.36. The maximum absolute atomic E-state index is 13.7. The minimum atomic E-state index is -0.156. The number of hydrogen-bond donors (Lipinski definition) is 2. The SMILES string of the molecule is CC1(C)C2CC3(C(=O)NC4CCC(N)CC4)CC1CC(c1ccccc1)(C2)C3. The molecule has 6 rings (SSSR count). The summed E-state index contributed by atoms with van der Waals surface area (Å²) in [5.41, 5.74) is 7.95. The highest BCUT2D eigenvalue weighted by Crippen LogP contribution is 2.71. The van der Waals surface area contributed by atoms with Crippen molar-refractivity contribution >= 4 is 5.91 Å². The van der Waals surface area contributed by atoms with Gasteiger partial charge in [0.1, 0.15) is 0 Å². The number of benzene rings is 1. The zero-order valence-corrected chi connectivity index (χ0v) is 17.5. The molecule has 0 radical (unpaired) electrons. The van der Waals surface area contributed by atoms with E-state index in [1.807, 2.05) is 0 Å². The van der Waals surface area contributed by atoms with Crippen LogP contribution in [0.15, 0.2) is 30.3 Å². The zero-order valence-electron chi connectivity index (χ0n) is 17.5. The molecule has 1 amide bonds. The normalized spacial score (nSPS) is 43.7. The predicted molar refractivity (Wildman–Crippen MR) is 113 cm³/mol. The van der Waals surface area contributed by atoms with Crippen LogP contribution in [0.3, 0.4) is 0 Å². The number of carbonyl (C=O) groups excluding carboxylic acids is 1. The summed E-state index contributed by atoms with van der Waals surface area (Å²) in [4.78, 5) is 13.7. The highest BCUT2D eigenvalue weighted by Gasteiger charge is 2.66. The van der Waals surface area contributed by atoms with Gasteiger partial charge in [-0.2, -0.15) is 0 Å². The van der Waals surface area contributed by atoms with Gasteiger partial charge in [0, 0.05) is 12.1 Å². The van der Waals surface area contributed by atoms with Crippen molar-refractivity contribution in [3.63, 3.8) is 0 Å². The predicted octanol–water partition coefficient (Wildman–Crippen LogP) is 4.55. The Morgan fingerprint density at radius 2 is 1.57 bits per heavy atom. The first-order chi connectivity index (χ1) is 13.3. The number of rotatable bonds is 3. The highest BCUT2D eigenvalue weighted by molar-refractivity contribution is 5.84. The van der Waals surface area contributed by atoms with E-state index in [0.29, 0.717) is 35.2 Å². The number of nitrogens with two attached hydrogens (primary N) is 1. The molecule has 3 heteroatoms. The van der Waals surface area contributed by atoms with Crippen LogP contribution in [-0.2, 0) is 10.2 Å². The zero-order chi connectivity index (χ0) is 19.6. The standard InChI is InChI=1S/C25H36N2O/c1-23(2)18-12-24(17-6-4-3-5-7-17)13-19(23)15-25(14-18,16-24)22(28)27-21-10-8-20(26)9-11-21/h3-7,18-21H,8-16,26H2,1-2H3,(H,27,28). The molecule has 2 unspecified atom stereocenters. The molecule has 1 aromatic carbocycles. The molecule has 1 aromatic rings. The highest BCUT2D eigenvalue weighted by atomic mass is 16.2. The van der Waals surface area contributed by atoms with Crippen molar-refractivity contribution in [2.75, 3.05) is 0 Å². The van der Waals surface area contributed by atoms with Gasteiger partial charge >= 0.3 is 0 Å². The molecule has 28 heavy (non-hydrogen) atoms. The Hall–Kier alpha value is -1.35. The molecule has 5 saturated carbocycles. The summed E-state index contributed by atoms with van der Waals surface area (Å²) in [5.74, 6) is 1.66. The first-order valence-electron chi connectivity index (χ1n) is 11.5. The third-order valence-electron chi connectivity index (χ3n) is 9.30. The summed E-state index contributed by atoms with van der Waals surface area (Å²) < 4.78 is 0. The van der Waals surface area contributed by atoms with Crippen LogP contribution in [0.25, 0.3) is 0 Å². The minimum absolute atomic E-state index is 0.156. The van der Waals surface area contributed by atoms with E-state index < -0.39 is 0 Å². The van der Waals surface area contributed by atoms with Crippen molar-refractivity contribution in [1.82, 2.24) is 5.32 Å². The minimum Gasteiger partial charge on any atom is -0.353 e. The summed E-state index contributed by atoms with van der Waals surface area (Å²) in [7, 11) is 0. The second-order valence-electron chi connectivity index (χ2n) is 11.2. The van der Waals surface area contributed by atoms with E-state index in [-0.39, 0.29) is 10.8 Å². The van der Waals surface area contributed by atoms with Gasteiger partial charge in [-0.15, -0.1) is 0 Å². The molecule has 0 saturated heterocycles. The first-order valence-corrected chi connectivity index (χ1v) is 11.5. The summed E-state index contributed by atoms with van der Waals surface area (Å²) in [6.45, 7) is 4.93. The van der Waals surface area contributed by atoms with Crippen molar-refractivity contribution in [2.24, 2.45) is 28.4 Å². The number of nitrogens with one attached hydrogen (secondary N) is 1. The van der Waals surface area contributed by atoms with E-state index in [1.165, 1.54) is 18.4 Å². The summed E-state index contributed by atoms with van der Waals surface area (Å²) >= 11 is 0. The van der Waals surface area contributed by atoms with Crippen molar-refractivity contribution < 1.29 is 4.79 Å². The van der Waals surface area contributed by atoms with E-state index >= 15 is 0 Å². The Morgan fingerprint density at radius 1 is 0.964 bits per heavy atom. The number of hydrogen-bond acceptors (Lipinski definition) is 2.